The summed E-state index contributed by atoms with van der Waals surface area (Å²) >= 11 is 7.78. The summed E-state index contributed by atoms with van der Waals surface area (Å²) in [4.78, 5) is 18.0. The van der Waals surface area contributed by atoms with Gasteiger partial charge < -0.3 is 20.7 Å². The van der Waals surface area contributed by atoms with E-state index in [1.54, 1.807) is 6.07 Å². The number of aromatic nitrogens is 3. The molecule has 0 radical (unpaired) electrons. The van der Waals surface area contributed by atoms with Gasteiger partial charge in [0.1, 0.15) is 29.9 Å². The molecule has 2 aromatic carbocycles. The van der Waals surface area contributed by atoms with Crippen molar-refractivity contribution in [2.45, 2.75) is 55.9 Å². The highest BCUT2D eigenvalue weighted by Gasteiger charge is 2.49. The first-order valence-electron chi connectivity index (χ1n) is 14.4. The summed E-state index contributed by atoms with van der Waals surface area (Å²) in [7, 11) is 0. The fourth-order valence-corrected chi connectivity index (χ4v) is 8.58. The van der Waals surface area contributed by atoms with Gasteiger partial charge in [-0.25, -0.2) is 18.2 Å². The second kappa shape index (κ2) is 9.80. The lowest BCUT2D eigenvalue weighted by Crippen LogP contribution is -2.51. The van der Waals surface area contributed by atoms with E-state index in [1.165, 1.54) is 12.1 Å². The Morgan fingerprint density at radius 2 is 1.93 bits per heavy atom. The predicted octanol–water partition coefficient (Wildman–Crippen LogP) is 5.32. The molecular weight excluding hydrogens is 587 g/mol. The molecular formula is C29H29ClF3N7OS. The molecule has 3 N–H and O–H groups in total. The van der Waals surface area contributed by atoms with Crippen molar-refractivity contribution in [2.24, 2.45) is 0 Å². The molecule has 4 saturated heterocycles. The zero-order valence-corrected chi connectivity index (χ0v) is 24.2. The number of alkyl halides is 1. The minimum absolute atomic E-state index is 0.0428. The van der Waals surface area contributed by atoms with Crippen LogP contribution < -0.4 is 20.7 Å². The van der Waals surface area contributed by atoms with Gasteiger partial charge in [-0.15, -0.1) is 0 Å². The third-order valence-corrected chi connectivity index (χ3v) is 10.6. The zero-order valence-electron chi connectivity index (χ0n) is 22.7. The van der Waals surface area contributed by atoms with Gasteiger partial charge in [0, 0.05) is 54.7 Å². The van der Waals surface area contributed by atoms with Gasteiger partial charge in [-0.05, 0) is 50.4 Å². The maximum Gasteiger partial charge on any atom is 0.319 e. The minimum atomic E-state index is -0.896. The predicted molar refractivity (Wildman–Crippen MR) is 158 cm³/mol. The van der Waals surface area contributed by atoms with Crippen LogP contribution in [-0.2, 0) is 0 Å². The molecule has 4 aliphatic rings. The van der Waals surface area contributed by atoms with Crippen molar-refractivity contribution >= 4 is 55.0 Å². The van der Waals surface area contributed by atoms with Crippen LogP contribution >= 0.6 is 22.9 Å². The Kier molecular flexibility index (Phi) is 6.22. The van der Waals surface area contributed by atoms with Crippen molar-refractivity contribution in [3.63, 3.8) is 0 Å². The van der Waals surface area contributed by atoms with E-state index < -0.39 is 23.3 Å². The number of hydrogen-bond donors (Lipinski definition) is 2. The van der Waals surface area contributed by atoms with Gasteiger partial charge in [0.25, 0.3) is 0 Å². The molecule has 0 aliphatic carbocycles. The standard InChI is InChI=1S/C29H29ClF3N7OS/c30-19-8-18-23(22(33)21(19)17-4-5-20(32)25-24(17)36-27(34)42-25)37-28(38-26(18)39-11-15-2-3-16(12-39)35-15)41-13-29-6-1-7-40(29)10-14(31)9-29/h4-5,8,14-16,35H,1-3,6-7,9-13H2,(H2,34,36)/t14-,15?,16?,29?/m1/s1. The highest BCUT2D eigenvalue weighted by Crippen LogP contribution is 2.44. The van der Waals surface area contributed by atoms with Crippen molar-refractivity contribution in [1.29, 1.82) is 0 Å². The summed E-state index contributed by atoms with van der Waals surface area (Å²) in [6, 6.07) is 5.06. The average molecular weight is 616 g/mol. The van der Waals surface area contributed by atoms with E-state index in [0.717, 1.165) is 43.6 Å². The van der Waals surface area contributed by atoms with E-state index in [4.69, 9.17) is 27.1 Å². The minimum Gasteiger partial charge on any atom is -0.461 e. The fourth-order valence-electron chi connectivity index (χ4n) is 7.52. The number of ether oxygens (including phenoxy) is 1. The van der Waals surface area contributed by atoms with Gasteiger partial charge in [0.15, 0.2) is 10.9 Å². The number of piperazine rings is 1. The zero-order chi connectivity index (χ0) is 28.7. The molecule has 3 unspecified atom stereocenters. The number of fused-ring (bicyclic) bond motifs is 5. The van der Waals surface area contributed by atoms with E-state index in [9.17, 15) is 8.78 Å². The van der Waals surface area contributed by atoms with Crippen molar-refractivity contribution < 1.29 is 17.9 Å². The summed E-state index contributed by atoms with van der Waals surface area (Å²) in [5.74, 6) is -0.607. The maximum atomic E-state index is 16.7. The van der Waals surface area contributed by atoms with Crippen LogP contribution in [0.2, 0.25) is 5.02 Å². The van der Waals surface area contributed by atoms with Crippen LogP contribution in [0.3, 0.4) is 0 Å². The number of nitrogens with zero attached hydrogens (tertiary/aromatic N) is 5. The maximum absolute atomic E-state index is 16.7. The van der Waals surface area contributed by atoms with E-state index in [-0.39, 0.29) is 44.1 Å². The molecule has 2 aromatic heterocycles. The molecule has 0 spiro atoms. The summed E-state index contributed by atoms with van der Waals surface area (Å²) in [5.41, 5.74) is 6.17. The van der Waals surface area contributed by atoms with Crippen molar-refractivity contribution in [2.75, 3.05) is 43.4 Å². The quantitative estimate of drug-likeness (QED) is 0.312. The Balaban J connectivity index is 1.27. The molecule has 2 bridgehead atoms. The first-order chi connectivity index (χ1) is 20.3. The highest BCUT2D eigenvalue weighted by atomic mass is 35.5. The van der Waals surface area contributed by atoms with Gasteiger partial charge in [-0.1, -0.05) is 22.9 Å². The number of anilines is 2. The van der Waals surface area contributed by atoms with Gasteiger partial charge in [-0.3, -0.25) is 4.90 Å². The van der Waals surface area contributed by atoms with Gasteiger partial charge in [0.05, 0.1) is 20.8 Å². The van der Waals surface area contributed by atoms with Crippen LogP contribution in [0.25, 0.3) is 32.2 Å². The molecule has 42 heavy (non-hydrogen) atoms. The van der Waals surface area contributed by atoms with E-state index >= 15 is 4.39 Å². The monoisotopic (exact) mass is 615 g/mol. The van der Waals surface area contributed by atoms with Crippen LogP contribution in [0.5, 0.6) is 6.01 Å². The average Bonchev–Trinajstić information content (AvgIpc) is 3.70. The normalized spacial score (nSPS) is 27.4. The van der Waals surface area contributed by atoms with Gasteiger partial charge in [0.2, 0.25) is 0 Å². The van der Waals surface area contributed by atoms with Gasteiger partial charge >= 0.3 is 6.01 Å². The summed E-state index contributed by atoms with van der Waals surface area (Å²) in [6.07, 6.45) is 3.45. The second-order valence-electron chi connectivity index (χ2n) is 12.0. The Hall–Kier alpha value is -2.93. The summed E-state index contributed by atoms with van der Waals surface area (Å²) in [6.45, 7) is 2.88. The lowest BCUT2D eigenvalue weighted by molar-refractivity contribution is 0.107. The van der Waals surface area contributed by atoms with E-state index in [2.05, 4.69) is 25.1 Å². The number of nitrogen functional groups attached to an aromatic ring is 1. The molecule has 0 amide bonds. The number of benzene rings is 2. The fraction of sp³-hybridized carbons (Fsp3) is 0.483. The smallest absolute Gasteiger partial charge is 0.319 e. The van der Waals surface area contributed by atoms with Crippen molar-refractivity contribution in [3.8, 4) is 17.1 Å². The van der Waals surface area contributed by atoms with Crippen molar-refractivity contribution in [1.82, 2.24) is 25.2 Å². The number of nitrogens with one attached hydrogen (secondary N) is 1. The number of rotatable bonds is 5. The molecule has 13 heteroatoms. The third-order valence-electron chi connectivity index (χ3n) is 9.37. The largest absolute Gasteiger partial charge is 0.461 e. The molecule has 4 atom stereocenters. The molecule has 220 valence electrons. The van der Waals surface area contributed by atoms with Crippen LogP contribution in [-0.4, -0.2) is 76.4 Å². The lowest BCUT2D eigenvalue weighted by Gasteiger charge is -2.34. The molecule has 4 aliphatic heterocycles. The SMILES string of the molecule is Nc1nc2c(-c3c(Cl)cc4c(N5CC6CCC(C5)N6)nc(OCC56CCCN5C[C@H](F)C6)nc4c3F)ccc(F)c2s1. The van der Waals surface area contributed by atoms with Crippen molar-refractivity contribution in [3.05, 3.63) is 34.9 Å². The highest BCUT2D eigenvalue weighted by molar-refractivity contribution is 7.22. The molecule has 0 saturated carbocycles. The first-order valence-corrected chi connectivity index (χ1v) is 15.5. The van der Waals surface area contributed by atoms with Crippen LogP contribution in [0.15, 0.2) is 18.2 Å². The number of nitrogens with two attached hydrogens (primary N) is 1. The Labute approximate surface area is 249 Å². The number of thiazole rings is 1. The van der Waals surface area contributed by atoms with Gasteiger partial charge in [-0.2, -0.15) is 9.97 Å². The lowest BCUT2D eigenvalue weighted by atomic mass is 9.95. The van der Waals surface area contributed by atoms with Crippen LogP contribution in [0.4, 0.5) is 24.1 Å². The molecule has 8 rings (SSSR count). The molecule has 4 fully saturated rings. The van der Waals surface area contributed by atoms with E-state index in [0.29, 0.717) is 54.9 Å². The second-order valence-corrected chi connectivity index (χ2v) is 13.4. The molecule has 4 aromatic rings. The van der Waals surface area contributed by atoms with E-state index in [1.807, 2.05) is 0 Å². The molecule has 8 nitrogen and oxygen atoms in total. The topological polar surface area (TPSA) is 92.4 Å². The Morgan fingerprint density at radius 3 is 2.74 bits per heavy atom. The summed E-state index contributed by atoms with van der Waals surface area (Å²) < 4.78 is 52.1. The third kappa shape index (κ3) is 4.21. The Bertz CT molecular complexity index is 1730. The summed E-state index contributed by atoms with van der Waals surface area (Å²) in [5, 5.41) is 4.39. The molecule has 6 heterocycles. The Morgan fingerprint density at radius 1 is 1.12 bits per heavy atom. The number of hydrogen-bond acceptors (Lipinski definition) is 9. The van der Waals surface area contributed by atoms with Crippen LogP contribution in [0, 0.1) is 11.6 Å². The number of halogens is 4. The van der Waals surface area contributed by atoms with Crippen LogP contribution in [0.1, 0.15) is 32.1 Å². The first kappa shape index (κ1) is 26.7.